The minimum absolute atomic E-state index is 0.247. The van der Waals surface area contributed by atoms with Gasteiger partial charge in [-0.25, -0.2) is 0 Å². The number of nitriles is 1. The zero-order valence-electron chi connectivity index (χ0n) is 10.9. The molecular weight excluding hydrogens is 212 g/mol. The molecule has 0 fully saturated rings. The van der Waals surface area contributed by atoms with E-state index in [0.29, 0.717) is 17.9 Å². The molecule has 0 spiro atoms. The fourth-order valence-electron chi connectivity index (χ4n) is 1.61. The average molecular weight is 230 g/mol. The molecule has 0 saturated carbocycles. The third-order valence-corrected chi connectivity index (χ3v) is 2.77. The molecule has 1 aromatic heterocycles. The van der Waals surface area contributed by atoms with Crippen LogP contribution in [0.15, 0.2) is 12.7 Å². The molecule has 1 rings (SSSR count). The highest BCUT2D eigenvalue weighted by Crippen LogP contribution is 2.22. The Kier molecular flexibility index (Phi) is 4.22. The van der Waals surface area contributed by atoms with Crippen molar-refractivity contribution in [2.45, 2.75) is 33.7 Å². The molecule has 0 saturated heterocycles. The highest BCUT2D eigenvalue weighted by Gasteiger charge is 2.18. The molecule has 0 aromatic carbocycles. The number of nitrogens with zero attached hydrogens (tertiary/aromatic N) is 4. The maximum atomic E-state index is 9.25. The first kappa shape index (κ1) is 13.2. The van der Waals surface area contributed by atoms with Crippen LogP contribution in [0.1, 0.15) is 30.7 Å². The Bertz CT molecular complexity index is 457. The summed E-state index contributed by atoms with van der Waals surface area (Å²) in [5, 5.41) is 17.5. The van der Waals surface area contributed by atoms with E-state index in [2.05, 4.69) is 36.7 Å². The third kappa shape index (κ3) is 2.62. The van der Waals surface area contributed by atoms with Gasteiger partial charge in [0.1, 0.15) is 11.6 Å². The molecule has 1 heterocycles. The largest absolute Gasteiger partial charge is 0.348 e. The molecule has 0 atom stereocenters. The predicted octanol–water partition coefficient (Wildman–Crippen LogP) is 2.37. The SMILES string of the molecule is C=CCN(c1nnc(C)c(C)c1C#N)C(C)C. The van der Waals surface area contributed by atoms with Crippen molar-refractivity contribution in [1.29, 1.82) is 5.26 Å². The smallest absolute Gasteiger partial charge is 0.170 e. The van der Waals surface area contributed by atoms with Crippen LogP contribution < -0.4 is 4.90 Å². The summed E-state index contributed by atoms with van der Waals surface area (Å²) in [4.78, 5) is 2.02. The standard InChI is InChI=1S/C13H18N4/c1-6-7-17(9(2)3)13-12(8-14)10(4)11(5)15-16-13/h6,9H,1,7H2,2-5H3. The van der Waals surface area contributed by atoms with Gasteiger partial charge in [-0.2, -0.15) is 10.4 Å². The van der Waals surface area contributed by atoms with E-state index in [1.807, 2.05) is 18.7 Å². The van der Waals surface area contributed by atoms with Crippen LogP contribution in [0.25, 0.3) is 0 Å². The van der Waals surface area contributed by atoms with E-state index in [4.69, 9.17) is 0 Å². The minimum Gasteiger partial charge on any atom is -0.348 e. The van der Waals surface area contributed by atoms with Gasteiger partial charge in [0.25, 0.3) is 0 Å². The fraction of sp³-hybridized carbons (Fsp3) is 0.462. The van der Waals surface area contributed by atoms with E-state index < -0.39 is 0 Å². The number of hydrogen-bond donors (Lipinski definition) is 0. The van der Waals surface area contributed by atoms with Crippen LogP contribution in [-0.2, 0) is 0 Å². The highest BCUT2D eigenvalue weighted by atomic mass is 15.3. The highest BCUT2D eigenvalue weighted by molar-refractivity contribution is 5.58. The Morgan fingerprint density at radius 3 is 2.53 bits per heavy atom. The van der Waals surface area contributed by atoms with E-state index in [9.17, 15) is 5.26 Å². The van der Waals surface area contributed by atoms with E-state index in [1.54, 1.807) is 6.08 Å². The van der Waals surface area contributed by atoms with Crippen LogP contribution in [0.2, 0.25) is 0 Å². The maximum Gasteiger partial charge on any atom is 0.170 e. The Morgan fingerprint density at radius 1 is 1.41 bits per heavy atom. The van der Waals surface area contributed by atoms with E-state index in [0.717, 1.165) is 11.3 Å². The van der Waals surface area contributed by atoms with Gasteiger partial charge in [-0.1, -0.05) is 6.08 Å². The second-order valence-corrected chi connectivity index (χ2v) is 4.26. The normalized spacial score (nSPS) is 10.1. The first-order valence-corrected chi connectivity index (χ1v) is 5.64. The first-order valence-electron chi connectivity index (χ1n) is 5.64. The van der Waals surface area contributed by atoms with Crippen molar-refractivity contribution in [3.63, 3.8) is 0 Å². The summed E-state index contributed by atoms with van der Waals surface area (Å²) in [6.45, 7) is 12.3. The fourth-order valence-corrected chi connectivity index (χ4v) is 1.61. The topological polar surface area (TPSA) is 52.8 Å². The molecule has 0 aliphatic carbocycles. The first-order chi connectivity index (χ1) is 8.02. The maximum absolute atomic E-state index is 9.25. The predicted molar refractivity (Wildman–Crippen MR) is 68.9 cm³/mol. The summed E-state index contributed by atoms with van der Waals surface area (Å²) in [5.74, 6) is 0.644. The van der Waals surface area contributed by atoms with E-state index in [-0.39, 0.29) is 6.04 Å². The Balaban J connectivity index is 3.34. The van der Waals surface area contributed by atoms with Crippen LogP contribution in [0, 0.1) is 25.2 Å². The molecule has 0 aliphatic heterocycles. The molecule has 0 amide bonds. The lowest BCUT2D eigenvalue weighted by atomic mass is 10.1. The summed E-state index contributed by atoms with van der Waals surface area (Å²) in [6, 6.07) is 2.47. The van der Waals surface area contributed by atoms with Gasteiger partial charge in [0.15, 0.2) is 5.82 Å². The van der Waals surface area contributed by atoms with Crippen LogP contribution in [0.4, 0.5) is 5.82 Å². The molecule has 0 unspecified atom stereocenters. The second-order valence-electron chi connectivity index (χ2n) is 4.26. The molecule has 17 heavy (non-hydrogen) atoms. The molecule has 0 bridgehead atoms. The van der Waals surface area contributed by atoms with Gasteiger partial charge in [-0.15, -0.1) is 11.7 Å². The number of aromatic nitrogens is 2. The van der Waals surface area contributed by atoms with Gasteiger partial charge in [0.2, 0.25) is 0 Å². The van der Waals surface area contributed by atoms with Gasteiger partial charge < -0.3 is 4.90 Å². The number of hydrogen-bond acceptors (Lipinski definition) is 4. The molecule has 0 aliphatic rings. The average Bonchev–Trinajstić information content (AvgIpc) is 2.29. The zero-order chi connectivity index (χ0) is 13.0. The summed E-state index contributed by atoms with van der Waals surface area (Å²) in [7, 11) is 0. The minimum atomic E-state index is 0.247. The van der Waals surface area contributed by atoms with Crippen LogP contribution in [-0.4, -0.2) is 22.8 Å². The number of rotatable bonds is 4. The third-order valence-electron chi connectivity index (χ3n) is 2.77. The lowest BCUT2D eigenvalue weighted by molar-refractivity contribution is 0.700. The van der Waals surface area contributed by atoms with Crippen molar-refractivity contribution >= 4 is 5.82 Å². The van der Waals surface area contributed by atoms with Gasteiger partial charge in [-0.3, -0.25) is 0 Å². The van der Waals surface area contributed by atoms with Crippen molar-refractivity contribution in [2.75, 3.05) is 11.4 Å². The van der Waals surface area contributed by atoms with Gasteiger partial charge in [-0.05, 0) is 33.3 Å². The molecule has 4 nitrogen and oxygen atoms in total. The molecule has 4 heteroatoms. The van der Waals surface area contributed by atoms with Crippen molar-refractivity contribution in [3.8, 4) is 6.07 Å². The number of aryl methyl sites for hydroxylation is 1. The Labute approximate surface area is 103 Å². The quantitative estimate of drug-likeness (QED) is 0.745. The summed E-state index contributed by atoms with van der Waals surface area (Å²) in [5.41, 5.74) is 2.30. The Morgan fingerprint density at radius 2 is 2.06 bits per heavy atom. The van der Waals surface area contributed by atoms with Crippen molar-refractivity contribution in [3.05, 3.63) is 29.5 Å². The summed E-state index contributed by atoms with van der Waals surface area (Å²) < 4.78 is 0. The summed E-state index contributed by atoms with van der Waals surface area (Å²) in [6.07, 6.45) is 1.80. The zero-order valence-corrected chi connectivity index (χ0v) is 10.9. The lowest BCUT2D eigenvalue weighted by Gasteiger charge is -2.27. The molecule has 90 valence electrons. The Hall–Kier alpha value is -1.89. The van der Waals surface area contributed by atoms with Crippen molar-refractivity contribution < 1.29 is 0 Å². The molecule has 1 aromatic rings. The van der Waals surface area contributed by atoms with E-state index >= 15 is 0 Å². The second kappa shape index (κ2) is 5.44. The van der Waals surface area contributed by atoms with Gasteiger partial charge in [0, 0.05) is 12.6 Å². The van der Waals surface area contributed by atoms with Gasteiger partial charge >= 0.3 is 0 Å². The van der Waals surface area contributed by atoms with Crippen LogP contribution in [0.5, 0.6) is 0 Å². The molecule has 0 N–H and O–H groups in total. The molecular formula is C13H18N4. The van der Waals surface area contributed by atoms with Crippen molar-refractivity contribution in [2.24, 2.45) is 0 Å². The van der Waals surface area contributed by atoms with Crippen LogP contribution >= 0.6 is 0 Å². The summed E-state index contributed by atoms with van der Waals surface area (Å²) >= 11 is 0. The molecule has 0 radical (unpaired) electrons. The van der Waals surface area contributed by atoms with E-state index in [1.165, 1.54) is 0 Å². The van der Waals surface area contributed by atoms with Crippen LogP contribution in [0.3, 0.4) is 0 Å². The monoisotopic (exact) mass is 230 g/mol. The lowest BCUT2D eigenvalue weighted by Crippen LogP contribution is -2.32. The van der Waals surface area contributed by atoms with Gasteiger partial charge in [0.05, 0.1) is 5.69 Å². The number of anilines is 1. The van der Waals surface area contributed by atoms with Crippen molar-refractivity contribution in [1.82, 2.24) is 10.2 Å².